The lowest BCUT2D eigenvalue weighted by Gasteiger charge is -2.20. The molecular weight excluding hydrogens is 332 g/mol. The van der Waals surface area contributed by atoms with Crippen molar-refractivity contribution in [3.8, 4) is 5.82 Å². The van der Waals surface area contributed by atoms with E-state index in [9.17, 15) is 9.59 Å². The minimum atomic E-state index is -0.586. The van der Waals surface area contributed by atoms with E-state index in [4.69, 9.17) is 4.74 Å². The summed E-state index contributed by atoms with van der Waals surface area (Å²) in [6.45, 7) is 12.0. The molecule has 0 saturated carbocycles. The minimum absolute atomic E-state index is 0.254. The van der Waals surface area contributed by atoms with Crippen LogP contribution in [0.15, 0.2) is 36.5 Å². The molecule has 0 aromatic carbocycles. The second-order valence-corrected chi connectivity index (χ2v) is 6.19. The zero-order chi connectivity index (χ0) is 19.3. The highest BCUT2D eigenvalue weighted by Crippen LogP contribution is 2.11. The van der Waals surface area contributed by atoms with Crippen LogP contribution in [-0.4, -0.2) is 51.2 Å². The highest BCUT2D eigenvalue weighted by molar-refractivity contribution is 5.91. The van der Waals surface area contributed by atoms with Gasteiger partial charge in [0.15, 0.2) is 12.4 Å². The van der Waals surface area contributed by atoms with Crippen molar-refractivity contribution < 1.29 is 14.3 Å². The smallest absolute Gasteiger partial charge is 0.340 e. The Morgan fingerprint density at radius 3 is 2.54 bits per heavy atom. The number of hydrogen-bond acceptors (Lipinski definition) is 5. The summed E-state index contributed by atoms with van der Waals surface area (Å²) in [5, 5.41) is 4.35. The lowest BCUT2D eigenvalue weighted by Crippen LogP contribution is -2.35. The van der Waals surface area contributed by atoms with Crippen LogP contribution in [0.5, 0.6) is 0 Å². The number of carbonyl (C=O) groups excluding carboxylic acids is 2. The molecular formula is C19H24N4O3. The maximum absolute atomic E-state index is 12.1. The monoisotopic (exact) mass is 356 g/mol. The zero-order valence-corrected chi connectivity index (χ0v) is 15.7. The van der Waals surface area contributed by atoms with Gasteiger partial charge in [-0.2, -0.15) is 5.10 Å². The standard InChI is InChI=1S/C19H24N4O3/c1-6-22(11-13(2)3)18(24)12-26-19(25)16-7-8-17(20-10-16)23-15(5)9-14(4)21-23/h7-10H,2,6,11-12H2,1,3-5H3. The topological polar surface area (TPSA) is 77.3 Å². The number of hydrogen-bond donors (Lipinski definition) is 0. The van der Waals surface area contributed by atoms with Gasteiger partial charge >= 0.3 is 5.97 Å². The molecule has 2 aromatic rings. The summed E-state index contributed by atoms with van der Waals surface area (Å²) < 4.78 is 6.80. The first kappa shape index (κ1) is 19.4. The van der Waals surface area contributed by atoms with E-state index >= 15 is 0 Å². The Labute approximate surface area is 153 Å². The van der Waals surface area contributed by atoms with Crippen molar-refractivity contribution in [1.29, 1.82) is 0 Å². The highest BCUT2D eigenvalue weighted by atomic mass is 16.5. The summed E-state index contributed by atoms with van der Waals surface area (Å²) in [4.78, 5) is 30.1. The van der Waals surface area contributed by atoms with E-state index in [2.05, 4.69) is 16.7 Å². The van der Waals surface area contributed by atoms with Crippen LogP contribution in [0.4, 0.5) is 0 Å². The van der Waals surface area contributed by atoms with Crippen LogP contribution >= 0.6 is 0 Å². The largest absolute Gasteiger partial charge is 0.452 e. The van der Waals surface area contributed by atoms with Crippen molar-refractivity contribution in [2.24, 2.45) is 0 Å². The van der Waals surface area contributed by atoms with Crippen molar-refractivity contribution >= 4 is 11.9 Å². The third-order valence-corrected chi connectivity index (χ3v) is 3.73. The van der Waals surface area contributed by atoms with Gasteiger partial charge in [-0.3, -0.25) is 4.79 Å². The third-order valence-electron chi connectivity index (χ3n) is 3.73. The van der Waals surface area contributed by atoms with Gasteiger partial charge in [0.1, 0.15) is 0 Å². The van der Waals surface area contributed by atoms with E-state index < -0.39 is 5.97 Å². The molecule has 0 spiro atoms. The van der Waals surface area contributed by atoms with Gasteiger partial charge in [0.25, 0.3) is 5.91 Å². The van der Waals surface area contributed by atoms with E-state index in [1.54, 1.807) is 21.7 Å². The highest BCUT2D eigenvalue weighted by Gasteiger charge is 2.16. The Morgan fingerprint density at radius 1 is 1.31 bits per heavy atom. The number of ether oxygens (including phenoxy) is 1. The Balaban J connectivity index is 1.98. The van der Waals surface area contributed by atoms with Crippen LogP contribution in [-0.2, 0) is 9.53 Å². The molecule has 26 heavy (non-hydrogen) atoms. The normalized spacial score (nSPS) is 10.5. The van der Waals surface area contributed by atoms with Crippen LogP contribution < -0.4 is 0 Å². The SMILES string of the molecule is C=C(C)CN(CC)C(=O)COC(=O)c1ccc(-n2nc(C)cc2C)nc1. The van der Waals surface area contributed by atoms with Crippen LogP contribution in [0.1, 0.15) is 35.6 Å². The number of rotatable bonds is 7. The fourth-order valence-electron chi connectivity index (χ4n) is 2.50. The summed E-state index contributed by atoms with van der Waals surface area (Å²) in [6, 6.07) is 5.24. The Kier molecular flexibility index (Phi) is 6.27. The summed E-state index contributed by atoms with van der Waals surface area (Å²) >= 11 is 0. The summed E-state index contributed by atoms with van der Waals surface area (Å²) in [5.41, 5.74) is 3.00. The van der Waals surface area contributed by atoms with Gasteiger partial charge < -0.3 is 9.64 Å². The third kappa shape index (κ3) is 4.78. The van der Waals surface area contributed by atoms with Gasteiger partial charge in [-0.15, -0.1) is 0 Å². The average Bonchev–Trinajstić information content (AvgIpc) is 2.95. The molecule has 138 valence electrons. The quantitative estimate of drug-likeness (QED) is 0.563. The minimum Gasteiger partial charge on any atom is -0.452 e. The molecule has 0 N–H and O–H groups in total. The second-order valence-electron chi connectivity index (χ2n) is 6.19. The van der Waals surface area contributed by atoms with Gasteiger partial charge in [0.2, 0.25) is 0 Å². The molecule has 0 aliphatic carbocycles. The van der Waals surface area contributed by atoms with Crippen molar-refractivity contribution in [3.05, 3.63) is 53.5 Å². The van der Waals surface area contributed by atoms with Gasteiger partial charge in [-0.25, -0.2) is 14.5 Å². The Bertz CT molecular complexity index is 809. The predicted molar refractivity (Wildman–Crippen MR) is 98.2 cm³/mol. The molecule has 0 aliphatic heterocycles. The van der Waals surface area contributed by atoms with Crippen molar-refractivity contribution in [3.63, 3.8) is 0 Å². The van der Waals surface area contributed by atoms with E-state index in [1.807, 2.05) is 33.8 Å². The lowest BCUT2D eigenvalue weighted by atomic mass is 10.3. The number of aryl methyl sites for hydroxylation is 2. The van der Waals surface area contributed by atoms with Crippen molar-refractivity contribution in [1.82, 2.24) is 19.7 Å². The van der Waals surface area contributed by atoms with E-state index in [0.717, 1.165) is 17.0 Å². The first-order valence-electron chi connectivity index (χ1n) is 8.40. The molecule has 2 aromatic heterocycles. The molecule has 7 nitrogen and oxygen atoms in total. The molecule has 1 amide bonds. The van der Waals surface area contributed by atoms with Crippen LogP contribution in [0.3, 0.4) is 0 Å². The molecule has 0 unspecified atom stereocenters. The first-order chi connectivity index (χ1) is 12.3. The van der Waals surface area contributed by atoms with Gasteiger partial charge in [-0.05, 0) is 45.9 Å². The van der Waals surface area contributed by atoms with E-state index in [0.29, 0.717) is 18.9 Å². The van der Waals surface area contributed by atoms with Crippen molar-refractivity contribution in [2.75, 3.05) is 19.7 Å². The molecule has 0 aliphatic rings. The zero-order valence-electron chi connectivity index (χ0n) is 15.7. The molecule has 0 saturated heterocycles. The van der Waals surface area contributed by atoms with Gasteiger partial charge in [-0.1, -0.05) is 12.2 Å². The summed E-state index contributed by atoms with van der Waals surface area (Å²) in [5.74, 6) is -0.227. The lowest BCUT2D eigenvalue weighted by molar-refractivity contribution is -0.133. The number of pyridine rings is 1. The number of esters is 1. The Morgan fingerprint density at radius 2 is 2.04 bits per heavy atom. The molecule has 0 atom stereocenters. The average molecular weight is 356 g/mol. The molecule has 0 fully saturated rings. The van der Waals surface area contributed by atoms with E-state index in [1.165, 1.54) is 6.20 Å². The second kappa shape index (κ2) is 8.42. The summed E-state index contributed by atoms with van der Waals surface area (Å²) in [7, 11) is 0. The molecule has 0 radical (unpaired) electrons. The summed E-state index contributed by atoms with van der Waals surface area (Å²) in [6.07, 6.45) is 1.42. The van der Waals surface area contributed by atoms with E-state index in [-0.39, 0.29) is 18.1 Å². The number of carbonyl (C=O) groups is 2. The Hall–Kier alpha value is -2.96. The molecule has 7 heteroatoms. The fraction of sp³-hybridized carbons (Fsp3) is 0.368. The van der Waals surface area contributed by atoms with Crippen LogP contribution in [0.2, 0.25) is 0 Å². The number of aromatic nitrogens is 3. The van der Waals surface area contributed by atoms with Crippen molar-refractivity contribution in [2.45, 2.75) is 27.7 Å². The van der Waals surface area contributed by atoms with Crippen LogP contribution in [0.25, 0.3) is 5.82 Å². The van der Waals surface area contributed by atoms with Crippen LogP contribution in [0, 0.1) is 13.8 Å². The molecule has 2 rings (SSSR count). The van der Waals surface area contributed by atoms with Gasteiger partial charge in [0, 0.05) is 25.0 Å². The number of amides is 1. The number of likely N-dealkylation sites (N-methyl/N-ethyl adjacent to an activating group) is 1. The molecule has 2 heterocycles. The predicted octanol–water partition coefficient (Wildman–Crippen LogP) is 2.47. The molecule has 0 bridgehead atoms. The maximum Gasteiger partial charge on any atom is 0.340 e. The maximum atomic E-state index is 12.1. The number of nitrogens with zero attached hydrogens (tertiary/aromatic N) is 4. The van der Waals surface area contributed by atoms with Gasteiger partial charge in [0.05, 0.1) is 11.3 Å². The first-order valence-corrected chi connectivity index (χ1v) is 8.40. The fourth-order valence-corrected chi connectivity index (χ4v) is 2.50.